The molecule has 1 fully saturated rings. The Labute approximate surface area is 279 Å². The van der Waals surface area contributed by atoms with Gasteiger partial charge in [0, 0.05) is 62.1 Å². The molecule has 4 aromatic rings. The second kappa shape index (κ2) is 18.4. The van der Waals surface area contributed by atoms with Crippen LogP contribution in [0.25, 0.3) is 0 Å². The van der Waals surface area contributed by atoms with Gasteiger partial charge in [0.25, 0.3) is 0 Å². The molecule has 0 saturated carbocycles. The topological polar surface area (TPSA) is 137 Å². The number of carbonyl (C=O) groups excluding carboxylic acids is 1. The quantitative estimate of drug-likeness (QED) is 0.104. The van der Waals surface area contributed by atoms with Crippen LogP contribution in [0.2, 0.25) is 0 Å². The van der Waals surface area contributed by atoms with E-state index in [9.17, 15) is 19.6 Å². The summed E-state index contributed by atoms with van der Waals surface area (Å²) in [5, 5.41) is 37.4. The smallest absolute Gasteiger partial charge is 0.193 e. The number of aliphatic hydroxyl groups is 2. The molecular formula is C35H37NO7PTi-. The van der Waals surface area contributed by atoms with Crippen LogP contribution in [0.15, 0.2) is 109 Å². The average molecular weight is 663 g/mol. The molecule has 234 valence electrons. The van der Waals surface area contributed by atoms with Crippen molar-refractivity contribution in [3.8, 4) is 11.5 Å². The Morgan fingerprint density at radius 3 is 1.91 bits per heavy atom. The summed E-state index contributed by atoms with van der Waals surface area (Å²) in [7, 11) is -3.14. The Kier molecular flexibility index (Phi) is 15.4. The van der Waals surface area contributed by atoms with E-state index in [1.54, 1.807) is 38.1 Å². The standard InChI is InChI=1S/C31H29O6P.C3H8O.CN.Ti/c32-26-17-16-23(30(33)22-10-4-1-5-11-22)20-28(26)37-27-18-19-36-29(31(27)34)21-38(35,24-12-6-2-7-13-24)25-14-8-3-9-15-25;1-3(2)4;1-2;/h1-17,20,27,29,31-32,34H,18-19,21H2;3-4H,1-2H3;;/q;;-1;/t27-,29-,31+;;;/m1.../s1. The van der Waals surface area contributed by atoms with Gasteiger partial charge in [0.05, 0.1) is 12.7 Å². The molecule has 0 unspecified atom stereocenters. The Morgan fingerprint density at radius 2 is 1.40 bits per heavy atom. The van der Waals surface area contributed by atoms with E-state index < -0.39 is 25.5 Å². The van der Waals surface area contributed by atoms with E-state index in [2.05, 4.69) is 0 Å². The van der Waals surface area contributed by atoms with Crippen LogP contribution in [-0.2, 0) is 31.0 Å². The molecule has 0 spiro atoms. The van der Waals surface area contributed by atoms with Crippen molar-refractivity contribution in [1.29, 1.82) is 5.26 Å². The van der Waals surface area contributed by atoms with Crippen LogP contribution in [0.3, 0.4) is 0 Å². The fourth-order valence-corrected chi connectivity index (χ4v) is 7.61. The number of ether oxygens (including phenoxy) is 2. The van der Waals surface area contributed by atoms with E-state index in [1.165, 1.54) is 18.2 Å². The van der Waals surface area contributed by atoms with Gasteiger partial charge in [-0.3, -0.25) is 4.79 Å². The molecule has 10 heteroatoms. The molecule has 0 bridgehead atoms. The molecule has 1 aliphatic heterocycles. The number of rotatable bonds is 8. The van der Waals surface area contributed by atoms with E-state index in [0.717, 1.165) is 0 Å². The third-order valence-electron chi connectivity index (χ3n) is 6.82. The summed E-state index contributed by atoms with van der Waals surface area (Å²) in [5.74, 6) is -0.234. The molecule has 0 aromatic heterocycles. The minimum Gasteiger partial charge on any atom is -0.512 e. The maximum atomic E-state index is 14.5. The van der Waals surface area contributed by atoms with E-state index in [4.69, 9.17) is 26.4 Å². The molecule has 5 rings (SSSR count). The molecular weight excluding hydrogens is 625 g/mol. The van der Waals surface area contributed by atoms with Crippen molar-refractivity contribution in [1.82, 2.24) is 0 Å². The van der Waals surface area contributed by atoms with E-state index in [0.29, 0.717) is 34.8 Å². The van der Waals surface area contributed by atoms with Crippen LogP contribution in [0.1, 0.15) is 36.2 Å². The van der Waals surface area contributed by atoms with Gasteiger partial charge in [-0.25, -0.2) is 0 Å². The van der Waals surface area contributed by atoms with Gasteiger partial charge in [-0.2, -0.15) is 0 Å². The van der Waals surface area contributed by atoms with Crippen LogP contribution in [0.4, 0.5) is 0 Å². The van der Waals surface area contributed by atoms with Crippen LogP contribution in [0.5, 0.6) is 11.5 Å². The van der Waals surface area contributed by atoms with Crippen molar-refractivity contribution in [2.45, 2.75) is 44.7 Å². The molecule has 3 atom stereocenters. The molecule has 8 nitrogen and oxygen atoms in total. The number of aliphatic hydroxyl groups excluding tert-OH is 2. The summed E-state index contributed by atoms with van der Waals surface area (Å²) in [6.45, 7) is 8.49. The minimum absolute atomic E-state index is 0. The third kappa shape index (κ3) is 10.2. The van der Waals surface area contributed by atoms with Gasteiger partial charge < -0.3 is 41.2 Å². The van der Waals surface area contributed by atoms with Crippen molar-refractivity contribution in [2.75, 3.05) is 12.8 Å². The SMILES string of the molecule is CC(C)O.O=C(c1ccccc1)c1ccc(O)c(O[C@@H]2CCO[C@H](CP(=O)(c3ccccc3)c3ccccc3)[C@H]2O)c1.[C-]#N.[Ti]. The second-order valence-electron chi connectivity index (χ2n) is 10.4. The van der Waals surface area contributed by atoms with Crippen molar-refractivity contribution in [3.05, 3.63) is 127 Å². The summed E-state index contributed by atoms with van der Waals surface area (Å²) in [4.78, 5) is 12.9. The van der Waals surface area contributed by atoms with E-state index in [1.807, 2.05) is 66.7 Å². The average Bonchev–Trinajstić information content (AvgIpc) is 3.05. The fourth-order valence-electron chi connectivity index (χ4n) is 4.75. The first-order valence-corrected chi connectivity index (χ1v) is 16.1. The summed E-state index contributed by atoms with van der Waals surface area (Å²) in [6, 6.07) is 31.8. The molecule has 0 aliphatic carbocycles. The Balaban J connectivity index is 0.000000935. The zero-order valence-electron chi connectivity index (χ0n) is 25.2. The zero-order valence-corrected chi connectivity index (χ0v) is 27.6. The van der Waals surface area contributed by atoms with Crippen LogP contribution >= 0.6 is 7.14 Å². The summed E-state index contributed by atoms with van der Waals surface area (Å²) >= 11 is 0. The number of aromatic hydroxyl groups is 1. The number of nitrogens with zero attached hydrogens (tertiary/aromatic N) is 1. The van der Waals surface area contributed by atoms with Crippen molar-refractivity contribution in [3.63, 3.8) is 0 Å². The number of benzene rings is 4. The van der Waals surface area contributed by atoms with Gasteiger partial charge in [-0.05, 0) is 32.0 Å². The molecule has 1 heterocycles. The molecule has 1 saturated heterocycles. The summed E-state index contributed by atoms with van der Waals surface area (Å²) < 4.78 is 26.5. The predicted octanol–water partition coefficient (Wildman–Crippen LogP) is 5.02. The summed E-state index contributed by atoms with van der Waals surface area (Å²) in [5.41, 5.74) is 0.882. The van der Waals surface area contributed by atoms with Gasteiger partial charge in [-0.15, -0.1) is 0 Å². The number of phenolic OH excluding ortho intramolecular Hbond substituents is 1. The van der Waals surface area contributed by atoms with E-state index in [-0.39, 0.29) is 51.3 Å². The first-order valence-electron chi connectivity index (χ1n) is 14.2. The van der Waals surface area contributed by atoms with Crippen LogP contribution < -0.4 is 15.3 Å². The third-order valence-corrected chi connectivity index (χ3v) is 9.95. The molecule has 0 radical (unpaired) electrons. The fraction of sp³-hybridized carbons (Fsp3) is 0.257. The minimum atomic E-state index is -3.14. The number of hydrogen-bond donors (Lipinski definition) is 3. The van der Waals surface area contributed by atoms with Gasteiger partial charge in [-0.1, -0.05) is 91.0 Å². The first-order chi connectivity index (χ1) is 21.2. The Morgan fingerprint density at radius 1 is 0.911 bits per heavy atom. The largest absolute Gasteiger partial charge is 0.512 e. The normalized spacial score (nSPS) is 17.4. The molecule has 0 amide bonds. The summed E-state index contributed by atoms with van der Waals surface area (Å²) in [6.07, 6.45) is -2.27. The number of phenols is 1. The maximum absolute atomic E-state index is 14.5. The van der Waals surface area contributed by atoms with Crippen molar-refractivity contribution < 1.29 is 55.9 Å². The molecule has 4 aromatic carbocycles. The van der Waals surface area contributed by atoms with Gasteiger partial charge in [0.15, 0.2) is 17.3 Å². The van der Waals surface area contributed by atoms with E-state index >= 15 is 0 Å². The Bertz CT molecular complexity index is 1490. The maximum Gasteiger partial charge on any atom is 0.193 e. The monoisotopic (exact) mass is 662 g/mol. The number of hydrogen-bond acceptors (Lipinski definition) is 8. The number of ketones is 1. The van der Waals surface area contributed by atoms with Crippen molar-refractivity contribution >= 4 is 23.5 Å². The van der Waals surface area contributed by atoms with Gasteiger partial charge in [0.1, 0.15) is 19.3 Å². The van der Waals surface area contributed by atoms with Gasteiger partial charge >= 0.3 is 0 Å². The van der Waals surface area contributed by atoms with Crippen LogP contribution in [-0.4, -0.2) is 58.3 Å². The second-order valence-corrected chi connectivity index (χ2v) is 13.3. The predicted molar refractivity (Wildman–Crippen MR) is 170 cm³/mol. The molecule has 3 N–H and O–H groups in total. The molecule has 45 heavy (non-hydrogen) atoms. The molecule has 1 aliphatic rings. The zero-order chi connectivity index (χ0) is 32.1. The first kappa shape index (κ1) is 37.7. The Hall–Kier alpha value is -3.54. The van der Waals surface area contributed by atoms with Gasteiger partial charge in [0.2, 0.25) is 0 Å². The number of carbonyl (C=O) groups is 1. The van der Waals surface area contributed by atoms with Crippen molar-refractivity contribution in [2.24, 2.45) is 0 Å². The van der Waals surface area contributed by atoms with Crippen LogP contribution in [0, 0.1) is 11.8 Å².